The number of rotatable bonds is 3. The van der Waals surface area contributed by atoms with Crippen LogP contribution in [0.5, 0.6) is 11.5 Å². The summed E-state index contributed by atoms with van der Waals surface area (Å²) in [5.41, 5.74) is -0.0391. The minimum absolute atomic E-state index is 0.00657. The van der Waals surface area contributed by atoms with Gasteiger partial charge in [-0.3, -0.25) is 9.59 Å². The van der Waals surface area contributed by atoms with Crippen molar-refractivity contribution in [2.75, 3.05) is 0 Å². The second-order valence-corrected chi connectivity index (χ2v) is 4.33. The highest BCUT2D eigenvalue weighted by Gasteiger charge is 2.20. The average Bonchev–Trinajstić information content (AvgIpc) is 2.21. The fourth-order valence-corrected chi connectivity index (χ4v) is 1.96. The van der Waals surface area contributed by atoms with E-state index in [4.69, 9.17) is 14.6 Å². The van der Waals surface area contributed by atoms with Gasteiger partial charge in [-0.25, -0.2) is 4.79 Å². The van der Waals surface area contributed by atoms with Gasteiger partial charge < -0.3 is 14.6 Å². The molecule has 0 aliphatic heterocycles. The number of aromatic carboxylic acids is 1. The van der Waals surface area contributed by atoms with Gasteiger partial charge in [0.2, 0.25) is 0 Å². The van der Waals surface area contributed by atoms with Crippen molar-refractivity contribution in [3.8, 4) is 11.5 Å². The first-order valence-electron chi connectivity index (χ1n) is 4.75. The van der Waals surface area contributed by atoms with Gasteiger partial charge in [0.25, 0.3) is 0 Å². The molecule has 0 radical (unpaired) electrons. The van der Waals surface area contributed by atoms with Gasteiger partial charge in [-0.2, -0.15) is 0 Å². The zero-order valence-electron chi connectivity index (χ0n) is 9.52. The number of benzene rings is 1. The van der Waals surface area contributed by atoms with Crippen LogP contribution in [-0.2, 0) is 9.59 Å². The number of carboxylic acids is 1. The maximum Gasteiger partial charge on any atom is 0.336 e. The molecule has 1 N–H and O–H groups in total. The van der Waals surface area contributed by atoms with Crippen molar-refractivity contribution in [3.05, 3.63) is 21.3 Å². The number of carbonyl (C=O) groups is 3. The zero-order valence-corrected chi connectivity index (χ0v) is 11.7. The molecule has 18 heavy (non-hydrogen) atoms. The molecule has 0 aromatic heterocycles. The lowest BCUT2D eigenvalue weighted by atomic mass is 10.2. The lowest BCUT2D eigenvalue weighted by molar-refractivity contribution is -0.134. The number of halogens is 1. The average molecular weight is 364 g/mol. The zero-order chi connectivity index (χ0) is 13.9. The maximum absolute atomic E-state index is 11.0. The molecule has 1 aromatic carbocycles. The van der Waals surface area contributed by atoms with Gasteiger partial charge in [-0.05, 0) is 34.7 Å². The summed E-state index contributed by atoms with van der Waals surface area (Å²) in [4.78, 5) is 32.8. The van der Waals surface area contributed by atoms with Gasteiger partial charge in [-0.15, -0.1) is 0 Å². The number of carboxylic acid groups (broad SMARTS) is 1. The van der Waals surface area contributed by atoms with Gasteiger partial charge >= 0.3 is 17.9 Å². The van der Waals surface area contributed by atoms with Crippen LogP contribution in [0.4, 0.5) is 0 Å². The lowest BCUT2D eigenvalue weighted by Gasteiger charge is -2.11. The van der Waals surface area contributed by atoms with Crippen molar-refractivity contribution in [1.29, 1.82) is 0 Å². The molecule has 1 rings (SSSR count). The summed E-state index contributed by atoms with van der Waals surface area (Å²) < 4.78 is 9.92. The highest BCUT2D eigenvalue weighted by Crippen LogP contribution is 2.35. The molecule has 0 saturated carbocycles. The Morgan fingerprint density at radius 2 is 1.67 bits per heavy atom. The van der Waals surface area contributed by atoms with Crippen LogP contribution < -0.4 is 9.47 Å². The Kier molecular flexibility index (Phi) is 4.65. The van der Waals surface area contributed by atoms with Crippen molar-refractivity contribution in [1.82, 2.24) is 0 Å². The van der Waals surface area contributed by atoms with Crippen LogP contribution in [0.2, 0.25) is 0 Å². The van der Waals surface area contributed by atoms with E-state index in [1.807, 2.05) is 0 Å². The molecular formula is C11H9IO6. The SMILES string of the molecule is CC(=O)Oc1ccc(C(=O)O)c(I)c1OC(C)=O. The predicted molar refractivity (Wildman–Crippen MR) is 68.7 cm³/mol. The number of carbonyl (C=O) groups excluding carboxylic acids is 2. The Labute approximate surface area is 116 Å². The van der Waals surface area contributed by atoms with E-state index >= 15 is 0 Å². The summed E-state index contributed by atoms with van der Waals surface area (Å²) in [5.74, 6) is -2.46. The summed E-state index contributed by atoms with van der Waals surface area (Å²) in [5, 5.41) is 8.94. The number of hydrogen-bond acceptors (Lipinski definition) is 5. The Balaban J connectivity index is 3.35. The van der Waals surface area contributed by atoms with Gasteiger partial charge in [-0.1, -0.05) is 0 Å². The number of esters is 2. The Morgan fingerprint density at radius 3 is 2.11 bits per heavy atom. The van der Waals surface area contributed by atoms with Crippen LogP contribution in [0.25, 0.3) is 0 Å². The number of ether oxygens (including phenoxy) is 2. The molecule has 0 aliphatic rings. The highest BCUT2D eigenvalue weighted by atomic mass is 127. The normalized spacial score (nSPS) is 9.72. The van der Waals surface area contributed by atoms with Crippen LogP contribution in [-0.4, -0.2) is 23.0 Å². The Hall–Kier alpha value is -1.64. The molecule has 0 spiro atoms. The fourth-order valence-electron chi connectivity index (χ4n) is 1.18. The third kappa shape index (κ3) is 3.42. The fraction of sp³-hybridized carbons (Fsp3) is 0.182. The smallest absolute Gasteiger partial charge is 0.336 e. The first-order chi connectivity index (χ1) is 8.32. The van der Waals surface area contributed by atoms with Gasteiger partial charge in [0, 0.05) is 13.8 Å². The predicted octanol–water partition coefficient (Wildman–Crippen LogP) is 1.84. The van der Waals surface area contributed by atoms with E-state index < -0.39 is 17.9 Å². The molecule has 0 amide bonds. The Bertz CT molecular complexity index is 523. The van der Waals surface area contributed by atoms with Crippen LogP contribution in [0.3, 0.4) is 0 Å². The second-order valence-electron chi connectivity index (χ2n) is 3.25. The van der Waals surface area contributed by atoms with Gasteiger partial charge in [0.1, 0.15) is 0 Å². The van der Waals surface area contributed by atoms with E-state index in [0.717, 1.165) is 0 Å². The quantitative estimate of drug-likeness (QED) is 0.500. The molecule has 96 valence electrons. The molecule has 0 unspecified atom stereocenters. The largest absolute Gasteiger partial charge is 0.478 e. The maximum atomic E-state index is 11.0. The van der Waals surface area contributed by atoms with E-state index in [-0.39, 0.29) is 20.6 Å². The van der Waals surface area contributed by atoms with E-state index in [2.05, 4.69) is 0 Å². The van der Waals surface area contributed by atoms with E-state index in [0.29, 0.717) is 0 Å². The summed E-state index contributed by atoms with van der Waals surface area (Å²) in [6.07, 6.45) is 0. The van der Waals surface area contributed by atoms with Gasteiger partial charge in [0.15, 0.2) is 11.5 Å². The first kappa shape index (κ1) is 14.4. The highest BCUT2D eigenvalue weighted by molar-refractivity contribution is 14.1. The monoisotopic (exact) mass is 364 g/mol. The van der Waals surface area contributed by atoms with Crippen molar-refractivity contribution in [2.45, 2.75) is 13.8 Å². The van der Waals surface area contributed by atoms with Crippen LogP contribution in [0.15, 0.2) is 12.1 Å². The molecule has 7 heteroatoms. The minimum Gasteiger partial charge on any atom is -0.478 e. The molecule has 0 saturated heterocycles. The standard InChI is InChI=1S/C11H9IO6/c1-5(13)17-8-4-3-7(11(15)16)9(12)10(8)18-6(2)14/h3-4H,1-2H3,(H,15,16). The lowest BCUT2D eigenvalue weighted by Crippen LogP contribution is -2.10. The molecule has 0 atom stereocenters. The van der Waals surface area contributed by atoms with Crippen LogP contribution in [0, 0.1) is 3.57 Å². The third-order valence-corrected chi connectivity index (χ3v) is 2.86. The second kappa shape index (κ2) is 5.80. The van der Waals surface area contributed by atoms with Gasteiger partial charge in [0.05, 0.1) is 9.13 Å². The number of hydrogen-bond donors (Lipinski definition) is 1. The summed E-state index contributed by atoms with van der Waals surface area (Å²) in [6, 6.07) is 2.54. The van der Waals surface area contributed by atoms with E-state index in [1.54, 1.807) is 22.6 Å². The molecule has 0 fully saturated rings. The molecule has 1 aromatic rings. The summed E-state index contributed by atoms with van der Waals surface area (Å²) in [6.45, 7) is 2.36. The minimum atomic E-state index is -1.16. The molecule has 0 bridgehead atoms. The van der Waals surface area contributed by atoms with Crippen molar-refractivity contribution < 1.29 is 29.0 Å². The topological polar surface area (TPSA) is 89.9 Å². The molecule has 0 heterocycles. The summed E-state index contributed by atoms with van der Waals surface area (Å²) >= 11 is 1.71. The van der Waals surface area contributed by atoms with Crippen LogP contribution >= 0.6 is 22.6 Å². The third-order valence-electron chi connectivity index (χ3n) is 1.79. The summed E-state index contributed by atoms with van der Waals surface area (Å²) in [7, 11) is 0. The molecule has 6 nitrogen and oxygen atoms in total. The Morgan fingerprint density at radius 1 is 1.11 bits per heavy atom. The van der Waals surface area contributed by atoms with Crippen molar-refractivity contribution >= 4 is 40.5 Å². The first-order valence-corrected chi connectivity index (χ1v) is 5.83. The van der Waals surface area contributed by atoms with Crippen molar-refractivity contribution in [2.24, 2.45) is 0 Å². The van der Waals surface area contributed by atoms with E-state index in [9.17, 15) is 14.4 Å². The van der Waals surface area contributed by atoms with E-state index in [1.165, 1.54) is 26.0 Å². The molecule has 0 aliphatic carbocycles. The van der Waals surface area contributed by atoms with Crippen LogP contribution in [0.1, 0.15) is 24.2 Å². The van der Waals surface area contributed by atoms with Crippen molar-refractivity contribution in [3.63, 3.8) is 0 Å². The molecular weight excluding hydrogens is 355 g/mol.